The number of piperazine rings is 1. The van der Waals surface area contributed by atoms with E-state index in [1.54, 1.807) is 22.1 Å². The van der Waals surface area contributed by atoms with Crippen LogP contribution in [0.5, 0.6) is 11.5 Å². The van der Waals surface area contributed by atoms with Crippen LogP contribution in [0, 0.1) is 0 Å². The first kappa shape index (κ1) is 18.5. The van der Waals surface area contributed by atoms with Crippen molar-refractivity contribution in [3.05, 3.63) is 42.6 Å². The fraction of sp³-hybridized carbons (Fsp3) is 0.381. The number of fused-ring (bicyclic) bond motifs is 1. The second-order valence-corrected chi connectivity index (χ2v) is 7.45. The van der Waals surface area contributed by atoms with Gasteiger partial charge in [0.1, 0.15) is 12.4 Å². The van der Waals surface area contributed by atoms with Crippen molar-refractivity contribution in [2.45, 2.75) is 0 Å². The normalized spacial score (nSPS) is 18.3. The van der Waals surface area contributed by atoms with Gasteiger partial charge in [0.25, 0.3) is 0 Å². The summed E-state index contributed by atoms with van der Waals surface area (Å²) in [5.41, 5.74) is 0.753. The third kappa shape index (κ3) is 3.47. The second kappa shape index (κ2) is 7.74. The van der Waals surface area contributed by atoms with Crippen LogP contribution in [0.25, 0.3) is 0 Å². The number of pyridine rings is 1. The summed E-state index contributed by atoms with van der Waals surface area (Å²) in [6.07, 6.45) is 1.78. The van der Waals surface area contributed by atoms with Gasteiger partial charge < -0.3 is 24.2 Å². The molecule has 30 heavy (non-hydrogen) atoms. The van der Waals surface area contributed by atoms with Crippen LogP contribution in [-0.4, -0.2) is 79.3 Å². The van der Waals surface area contributed by atoms with E-state index >= 15 is 0 Å². The van der Waals surface area contributed by atoms with E-state index < -0.39 is 0 Å². The molecule has 2 saturated heterocycles. The summed E-state index contributed by atoms with van der Waals surface area (Å²) in [5.74, 6) is 2.23. The molecule has 0 N–H and O–H groups in total. The van der Waals surface area contributed by atoms with Gasteiger partial charge in [0, 0.05) is 57.2 Å². The fourth-order valence-electron chi connectivity index (χ4n) is 4.01. The molecule has 0 spiro atoms. The van der Waals surface area contributed by atoms with Gasteiger partial charge in [-0.05, 0) is 24.3 Å². The lowest BCUT2D eigenvalue weighted by atomic mass is 10.2. The summed E-state index contributed by atoms with van der Waals surface area (Å²) in [7, 11) is 0. The van der Waals surface area contributed by atoms with Crippen LogP contribution in [0.2, 0.25) is 0 Å². The predicted molar refractivity (Wildman–Crippen MR) is 110 cm³/mol. The van der Waals surface area contributed by atoms with E-state index in [1.807, 2.05) is 35.2 Å². The van der Waals surface area contributed by atoms with Crippen LogP contribution >= 0.6 is 0 Å². The van der Waals surface area contributed by atoms with Gasteiger partial charge in [-0.15, -0.1) is 0 Å². The average molecular weight is 409 g/mol. The third-order valence-electron chi connectivity index (χ3n) is 5.69. The zero-order chi connectivity index (χ0) is 20.5. The Morgan fingerprint density at radius 3 is 2.60 bits per heavy atom. The van der Waals surface area contributed by atoms with Crippen molar-refractivity contribution in [1.29, 1.82) is 0 Å². The standard InChI is InChI=1S/C21H23N5O4/c27-20(24-9-7-23(8-10-24)19-3-1-2-6-22-19)14-25-11-12-26(21(25)28)16-4-5-17-18(13-16)30-15-29-17/h1-6,13H,7-12,14-15H2. The molecule has 9 nitrogen and oxygen atoms in total. The molecule has 0 unspecified atom stereocenters. The number of hydrogen-bond donors (Lipinski definition) is 0. The molecule has 4 heterocycles. The molecular formula is C21H23N5O4. The van der Waals surface area contributed by atoms with E-state index in [0.717, 1.165) is 24.6 Å². The Morgan fingerprint density at radius 1 is 0.967 bits per heavy atom. The van der Waals surface area contributed by atoms with Gasteiger partial charge in [0.05, 0.1) is 0 Å². The maximum atomic E-state index is 12.9. The van der Waals surface area contributed by atoms with E-state index in [2.05, 4.69) is 9.88 Å². The van der Waals surface area contributed by atoms with Crippen LogP contribution in [-0.2, 0) is 4.79 Å². The first-order chi connectivity index (χ1) is 14.7. The van der Waals surface area contributed by atoms with E-state index in [9.17, 15) is 9.59 Å². The minimum atomic E-state index is -0.158. The maximum absolute atomic E-state index is 12.9. The second-order valence-electron chi connectivity index (χ2n) is 7.45. The Hall–Kier alpha value is -3.49. The van der Waals surface area contributed by atoms with Crippen LogP contribution in [0.1, 0.15) is 0 Å². The zero-order valence-corrected chi connectivity index (χ0v) is 16.6. The molecule has 0 radical (unpaired) electrons. The van der Waals surface area contributed by atoms with Crippen LogP contribution < -0.4 is 19.3 Å². The van der Waals surface area contributed by atoms with Crippen LogP contribution in [0.3, 0.4) is 0 Å². The molecule has 2 fully saturated rings. The van der Waals surface area contributed by atoms with Crippen LogP contribution in [0.4, 0.5) is 16.3 Å². The van der Waals surface area contributed by atoms with Gasteiger partial charge in [0.2, 0.25) is 12.7 Å². The molecule has 0 atom stereocenters. The molecule has 9 heteroatoms. The van der Waals surface area contributed by atoms with Crippen molar-refractivity contribution in [2.75, 3.05) is 62.4 Å². The Kier molecular flexibility index (Phi) is 4.78. The molecule has 156 valence electrons. The lowest BCUT2D eigenvalue weighted by Crippen LogP contribution is -2.51. The number of rotatable bonds is 4. The Balaban J connectivity index is 1.17. The van der Waals surface area contributed by atoms with Gasteiger partial charge in [-0.2, -0.15) is 0 Å². The summed E-state index contributed by atoms with van der Waals surface area (Å²) < 4.78 is 10.7. The number of urea groups is 1. The minimum Gasteiger partial charge on any atom is -0.454 e. The highest BCUT2D eigenvalue weighted by molar-refractivity contribution is 5.96. The monoisotopic (exact) mass is 409 g/mol. The fourth-order valence-corrected chi connectivity index (χ4v) is 4.01. The van der Waals surface area contributed by atoms with Gasteiger partial charge in [-0.25, -0.2) is 9.78 Å². The molecule has 0 saturated carbocycles. The first-order valence-electron chi connectivity index (χ1n) is 10.1. The molecule has 5 rings (SSSR count). The quantitative estimate of drug-likeness (QED) is 0.760. The van der Waals surface area contributed by atoms with E-state index in [1.165, 1.54) is 0 Å². The Bertz CT molecular complexity index is 946. The van der Waals surface area contributed by atoms with Crippen molar-refractivity contribution in [1.82, 2.24) is 14.8 Å². The summed E-state index contributed by atoms with van der Waals surface area (Å²) in [6.45, 7) is 4.09. The van der Waals surface area contributed by atoms with Gasteiger partial charge >= 0.3 is 6.03 Å². The zero-order valence-electron chi connectivity index (χ0n) is 16.6. The van der Waals surface area contributed by atoms with Gasteiger partial charge in [-0.1, -0.05) is 6.07 Å². The predicted octanol–water partition coefficient (Wildman–Crippen LogP) is 1.40. The molecule has 2 aromatic rings. The molecule has 0 bridgehead atoms. The third-order valence-corrected chi connectivity index (χ3v) is 5.69. The molecule has 3 aliphatic heterocycles. The summed E-state index contributed by atoms with van der Waals surface area (Å²) in [6, 6.07) is 11.1. The summed E-state index contributed by atoms with van der Waals surface area (Å²) >= 11 is 0. The molecule has 0 aliphatic carbocycles. The summed E-state index contributed by atoms with van der Waals surface area (Å²) in [4.78, 5) is 37.3. The van der Waals surface area contributed by atoms with Crippen molar-refractivity contribution >= 4 is 23.4 Å². The number of carbonyl (C=O) groups excluding carboxylic acids is 2. The Morgan fingerprint density at radius 2 is 1.80 bits per heavy atom. The largest absolute Gasteiger partial charge is 0.454 e. The molecule has 3 amide bonds. The Labute approximate surface area is 174 Å². The van der Waals surface area contributed by atoms with Gasteiger partial charge in [-0.3, -0.25) is 9.69 Å². The number of amides is 3. The average Bonchev–Trinajstić information content (AvgIpc) is 3.40. The number of carbonyl (C=O) groups is 2. The number of anilines is 2. The van der Waals surface area contributed by atoms with Crippen molar-refractivity contribution < 1.29 is 19.1 Å². The number of hydrogen-bond acceptors (Lipinski definition) is 6. The van der Waals surface area contributed by atoms with Crippen molar-refractivity contribution in [3.63, 3.8) is 0 Å². The van der Waals surface area contributed by atoms with Crippen molar-refractivity contribution in [2.24, 2.45) is 0 Å². The minimum absolute atomic E-state index is 0.0171. The topological polar surface area (TPSA) is 78.5 Å². The number of nitrogens with zero attached hydrogens (tertiary/aromatic N) is 5. The smallest absolute Gasteiger partial charge is 0.325 e. The first-order valence-corrected chi connectivity index (χ1v) is 10.1. The lowest BCUT2D eigenvalue weighted by Gasteiger charge is -2.36. The molecule has 1 aromatic heterocycles. The number of benzene rings is 1. The van der Waals surface area contributed by atoms with Crippen LogP contribution in [0.15, 0.2) is 42.6 Å². The SMILES string of the molecule is O=C(CN1CCN(c2ccc3c(c2)OCO3)C1=O)N1CCN(c2ccccn2)CC1. The van der Waals surface area contributed by atoms with E-state index in [0.29, 0.717) is 37.7 Å². The number of aromatic nitrogens is 1. The van der Waals surface area contributed by atoms with E-state index in [4.69, 9.17) is 9.47 Å². The molecule has 1 aromatic carbocycles. The highest BCUT2D eigenvalue weighted by atomic mass is 16.7. The van der Waals surface area contributed by atoms with E-state index in [-0.39, 0.29) is 25.3 Å². The number of ether oxygens (including phenoxy) is 2. The summed E-state index contributed by atoms with van der Waals surface area (Å²) in [5, 5.41) is 0. The van der Waals surface area contributed by atoms with Gasteiger partial charge in [0.15, 0.2) is 11.5 Å². The van der Waals surface area contributed by atoms with Crippen molar-refractivity contribution in [3.8, 4) is 11.5 Å². The highest BCUT2D eigenvalue weighted by Gasteiger charge is 2.33. The molecular weight excluding hydrogens is 386 g/mol. The lowest BCUT2D eigenvalue weighted by molar-refractivity contribution is -0.131. The highest BCUT2D eigenvalue weighted by Crippen LogP contribution is 2.36. The maximum Gasteiger partial charge on any atom is 0.325 e. The molecule has 3 aliphatic rings.